The second kappa shape index (κ2) is 3.83. The van der Waals surface area contributed by atoms with E-state index >= 15 is 0 Å². The van der Waals surface area contributed by atoms with Crippen molar-refractivity contribution in [2.75, 3.05) is 11.5 Å². The number of hydrogen-bond donors (Lipinski definition) is 1. The van der Waals surface area contributed by atoms with E-state index in [-0.39, 0.29) is 30.1 Å². The summed E-state index contributed by atoms with van der Waals surface area (Å²) in [5.74, 6) is -1.06. The summed E-state index contributed by atoms with van der Waals surface area (Å²) in [6, 6.07) is 1.56. The monoisotopic (exact) mass is 259 g/mol. The molecule has 1 aliphatic heterocycles. The summed E-state index contributed by atoms with van der Waals surface area (Å²) in [6.07, 6.45) is 0.0819. The minimum atomic E-state index is -3.11. The first-order chi connectivity index (χ1) is 7.86. The summed E-state index contributed by atoms with van der Waals surface area (Å²) in [6.45, 7) is 1.70. The van der Waals surface area contributed by atoms with Crippen molar-refractivity contribution in [2.45, 2.75) is 25.2 Å². The molecule has 2 rings (SSSR count). The molecule has 0 spiro atoms. The maximum absolute atomic E-state index is 11.4. The van der Waals surface area contributed by atoms with Crippen LogP contribution < -0.4 is 0 Å². The van der Waals surface area contributed by atoms with Crippen LogP contribution in [0.25, 0.3) is 0 Å². The molecule has 0 aliphatic carbocycles. The highest BCUT2D eigenvalue weighted by atomic mass is 32.2. The van der Waals surface area contributed by atoms with Gasteiger partial charge in [-0.3, -0.25) is 4.79 Å². The van der Waals surface area contributed by atoms with Crippen molar-refractivity contribution in [3.63, 3.8) is 0 Å². The second-order valence-corrected chi connectivity index (χ2v) is 6.68. The van der Waals surface area contributed by atoms with E-state index in [1.165, 1.54) is 0 Å². The molecule has 2 heterocycles. The maximum Gasteiger partial charge on any atom is 0.317 e. The van der Waals surface area contributed by atoms with Gasteiger partial charge in [0.25, 0.3) is 0 Å². The first kappa shape index (κ1) is 12.1. The van der Waals surface area contributed by atoms with E-state index in [4.69, 9.17) is 4.52 Å². The van der Waals surface area contributed by atoms with Gasteiger partial charge in [-0.25, -0.2) is 8.42 Å². The molecule has 0 radical (unpaired) electrons. The fourth-order valence-corrected chi connectivity index (χ4v) is 3.56. The Morgan fingerprint density at radius 1 is 1.47 bits per heavy atom. The van der Waals surface area contributed by atoms with Crippen LogP contribution in [-0.2, 0) is 20.0 Å². The second-order valence-electron chi connectivity index (χ2n) is 4.37. The zero-order valence-corrected chi connectivity index (χ0v) is 10.2. The zero-order chi connectivity index (χ0) is 12.7. The summed E-state index contributed by atoms with van der Waals surface area (Å²) in [5, 5.41) is 13.0. The molecule has 6 nitrogen and oxygen atoms in total. The quantitative estimate of drug-likeness (QED) is 0.831. The van der Waals surface area contributed by atoms with Crippen LogP contribution in [0.5, 0.6) is 0 Å². The van der Waals surface area contributed by atoms with Crippen LogP contribution >= 0.6 is 0 Å². The van der Waals surface area contributed by atoms with Gasteiger partial charge in [-0.05, 0) is 19.8 Å². The zero-order valence-electron chi connectivity index (χ0n) is 9.34. The molecule has 1 aromatic heterocycles. The van der Waals surface area contributed by atoms with Gasteiger partial charge in [-0.1, -0.05) is 5.16 Å². The van der Waals surface area contributed by atoms with Crippen molar-refractivity contribution >= 4 is 15.8 Å². The number of aliphatic carboxylic acids is 1. The standard InChI is InChI=1S/C10H13NO5S/c1-7-6-8(16-11-7)10(9(12)13)2-4-17(14,15)5-3-10/h6H,2-5H2,1H3,(H,12,13). The minimum absolute atomic E-state index is 0.0410. The van der Waals surface area contributed by atoms with Crippen molar-refractivity contribution in [1.82, 2.24) is 5.16 Å². The molecule has 94 valence electrons. The Morgan fingerprint density at radius 2 is 2.06 bits per heavy atom. The first-order valence-electron chi connectivity index (χ1n) is 5.23. The highest BCUT2D eigenvalue weighted by Crippen LogP contribution is 2.37. The smallest absolute Gasteiger partial charge is 0.317 e. The molecular weight excluding hydrogens is 246 g/mol. The molecule has 1 aliphatic rings. The van der Waals surface area contributed by atoms with Crippen LogP contribution in [-0.4, -0.2) is 36.2 Å². The number of carbonyl (C=O) groups is 1. The van der Waals surface area contributed by atoms with Gasteiger partial charge >= 0.3 is 5.97 Å². The average molecular weight is 259 g/mol. The Morgan fingerprint density at radius 3 is 2.47 bits per heavy atom. The average Bonchev–Trinajstić information content (AvgIpc) is 2.65. The number of sulfone groups is 1. The van der Waals surface area contributed by atoms with E-state index in [1.54, 1.807) is 13.0 Å². The number of carboxylic acids is 1. The van der Waals surface area contributed by atoms with Crippen molar-refractivity contribution in [2.24, 2.45) is 0 Å². The summed E-state index contributed by atoms with van der Waals surface area (Å²) in [7, 11) is -3.11. The molecule has 0 bridgehead atoms. The van der Waals surface area contributed by atoms with Gasteiger partial charge in [0.2, 0.25) is 0 Å². The van der Waals surface area contributed by atoms with E-state index in [9.17, 15) is 18.3 Å². The van der Waals surface area contributed by atoms with Crippen LogP contribution in [0.2, 0.25) is 0 Å². The minimum Gasteiger partial charge on any atom is -0.480 e. The lowest BCUT2D eigenvalue weighted by Crippen LogP contribution is -2.43. The summed E-state index contributed by atoms with van der Waals surface area (Å²) >= 11 is 0. The molecule has 0 atom stereocenters. The van der Waals surface area contributed by atoms with E-state index in [0.717, 1.165) is 0 Å². The van der Waals surface area contributed by atoms with Gasteiger partial charge < -0.3 is 9.63 Å². The van der Waals surface area contributed by atoms with E-state index < -0.39 is 21.2 Å². The third-order valence-electron chi connectivity index (χ3n) is 3.19. The highest BCUT2D eigenvalue weighted by Gasteiger charge is 2.48. The van der Waals surface area contributed by atoms with E-state index in [1.807, 2.05) is 0 Å². The van der Waals surface area contributed by atoms with Crippen LogP contribution in [0.4, 0.5) is 0 Å². The van der Waals surface area contributed by atoms with Crippen molar-refractivity contribution in [3.05, 3.63) is 17.5 Å². The Bertz CT molecular complexity index is 531. The first-order valence-corrected chi connectivity index (χ1v) is 7.05. The highest BCUT2D eigenvalue weighted by molar-refractivity contribution is 7.91. The molecule has 1 saturated heterocycles. The van der Waals surface area contributed by atoms with E-state index in [2.05, 4.69) is 5.16 Å². The third-order valence-corrected chi connectivity index (χ3v) is 4.84. The maximum atomic E-state index is 11.4. The van der Waals surface area contributed by atoms with Gasteiger partial charge in [0.05, 0.1) is 17.2 Å². The van der Waals surface area contributed by atoms with Crippen molar-refractivity contribution in [1.29, 1.82) is 0 Å². The topological polar surface area (TPSA) is 97.5 Å². The Balaban J connectivity index is 2.39. The predicted octanol–water partition coefficient (Wildman–Crippen LogP) is 0.514. The van der Waals surface area contributed by atoms with Crippen LogP contribution in [0.1, 0.15) is 24.3 Å². The van der Waals surface area contributed by atoms with E-state index in [0.29, 0.717) is 5.69 Å². The van der Waals surface area contributed by atoms with Gasteiger partial charge in [0.1, 0.15) is 15.3 Å². The van der Waals surface area contributed by atoms with Crippen molar-refractivity contribution in [3.8, 4) is 0 Å². The number of aryl methyl sites for hydroxylation is 1. The number of rotatable bonds is 2. The molecule has 1 fully saturated rings. The number of nitrogens with zero attached hydrogens (tertiary/aromatic N) is 1. The Kier molecular flexibility index (Phi) is 2.73. The number of carboxylic acid groups (broad SMARTS) is 1. The molecule has 17 heavy (non-hydrogen) atoms. The summed E-state index contributed by atoms with van der Waals surface area (Å²) in [5.41, 5.74) is -0.652. The van der Waals surface area contributed by atoms with Crippen LogP contribution in [0, 0.1) is 6.92 Å². The fourth-order valence-electron chi connectivity index (χ4n) is 2.04. The SMILES string of the molecule is Cc1cc(C2(C(=O)O)CCS(=O)(=O)CC2)on1. The summed E-state index contributed by atoms with van der Waals surface area (Å²) < 4.78 is 27.7. The molecule has 1 aromatic rings. The van der Waals surface area contributed by atoms with Crippen LogP contribution in [0.15, 0.2) is 10.6 Å². The lowest BCUT2D eigenvalue weighted by molar-refractivity contribution is -0.145. The largest absolute Gasteiger partial charge is 0.480 e. The molecule has 7 heteroatoms. The molecule has 1 N–H and O–H groups in total. The fraction of sp³-hybridized carbons (Fsp3) is 0.600. The van der Waals surface area contributed by atoms with Gasteiger partial charge in [-0.2, -0.15) is 0 Å². The van der Waals surface area contributed by atoms with Gasteiger partial charge in [0, 0.05) is 6.07 Å². The van der Waals surface area contributed by atoms with Crippen LogP contribution in [0.3, 0.4) is 0 Å². The number of hydrogen-bond acceptors (Lipinski definition) is 5. The normalized spacial score (nSPS) is 22.2. The predicted molar refractivity (Wildman–Crippen MR) is 58.4 cm³/mol. The molecule has 0 saturated carbocycles. The van der Waals surface area contributed by atoms with Gasteiger partial charge in [0.15, 0.2) is 5.76 Å². The Hall–Kier alpha value is -1.37. The molecular formula is C10H13NO5S. The lowest BCUT2D eigenvalue weighted by atomic mass is 9.79. The van der Waals surface area contributed by atoms with Crippen molar-refractivity contribution < 1.29 is 22.8 Å². The Labute approximate surface area is 98.5 Å². The lowest BCUT2D eigenvalue weighted by Gasteiger charge is -2.30. The summed E-state index contributed by atoms with van der Waals surface area (Å²) in [4.78, 5) is 11.4. The molecule has 0 aromatic carbocycles. The third kappa shape index (κ3) is 2.06. The van der Waals surface area contributed by atoms with Gasteiger partial charge in [-0.15, -0.1) is 0 Å². The molecule has 0 unspecified atom stereocenters. The molecule has 0 amide bonds. The number of aromatic nitrogens is 1.